The number of hydrogen-bond donors (Lipinski definition) is 3. The molecule has 0 aliphatic carbocycles. The van der Waals surface area contributed by atoms with E-state index in [0.29, 0.717) is 19.3 Å². The van der Waals surface area contributed by atoms with Crippen molar-refractivity contribution in [2.45, 2.75) is 103 Å². The lowest BCUT2D eigenvalue weighted by Gasteiger charge is -2.51. The third-order valence-corrected chi connectivity index (χ3v) is 5.98. The van der Waals surface area contributed by atoms with Gasteiger partial charge in [0.15, 0.2) is 0 Å². The number of nitrogens with one attached hydrogen (secondary N) is 1. The van der Waals surface area contributed by atoms with Crippen LogP contribution >= 0.6 is 0 Å². The molecular weight excluding hydrogens is 306 g/mol. The lowest BCUT2D eigenvalue weighted by molar-refractivity contribution is -0.246. The van der Waals surface area contributed by atoms with E-state index in [-0.39, 0.29) is 17.9 Å². The van der Waals surface area contributed by atoms with E-state index in [1.165, 1.54) is 10.1 Å². The normalized spacial score (nSPS) is 32.7. The quantitative estimate of drug-likeness (QED) is 0.720. The smallest absolute Gasteiger partial charge is 0.225 e. The van der Waals surface area contributed by atoms with Gasteiger partial charge < -0.3 is 15.7 Å². The van der Waals surface area contributed by atoms with Crippen LogP contribution in [0.3, 0.4) is 0 Å². The third kappa shape index (κ3) is 3.21. The van der Waals surface area contributed by atoms with Crippen LogP contribution in [0.5, 0.6) is 0 Å². The number of piperidine rings is 1. The zero-order chi connectivity index (χ0) is 18.7. The minimum absolute atomic E-state index is 0.00684. The molecule has 6 heteroatoms. The fraction of sp³-hybridized carbons (Fsp3) is 0.944. The van der Waals surface area contributed by atoms with Crippen molar-refractivity contribution in [2.24, 2.45) is 5.92 Å². The molecule has 0 aromatic rings. The minimum atomic E-state index is -0.601. The molecule has 2 aliphatic rings. The van der Waals surface area contributed by atoms with E-state index < -0.39 is 22.2 Å². The first-order valence-corrected chi connectivity index (χ1v) is 8.90. The lowest BCUT2D eigenvalue weighted by atomic mass is 9.78. The zero-order valence-corrected chi connectivity index (χ0v) is 16.5. The Morgan fingerprint density at radius 3 is 1.62 bits per heavy atom. The average molecular weight is 341 g/mol. The second kappa shape index (κ2) is 5.66. The SMILES string of the molecule is CC1(C)CC(NC(=O)C2CC(C)(C)N(O)C2(C)C)CC(C)(C)N1O. The summed E-state index contributed by atoms with van der Waals surface area (Å²) in [5.41, 5.74) is -1.81. The number of hydrogen-bond acceptors (Lipinski definition) is 5. The highest BCUT2D eigenvalue weighted by atomic mass is 16.5. The Bertz CT molecular complexity index is 496. The first kappa shape index (κ1) is 19.6. The maximum Gasteiger partial charge on any atom is 0.225 e. The summed E-state index contributed by atoms with van der Waals surface area (Å²) in [6.45, 7) is 15.7. The van der Waals surface area contributed by atoms with E-state index in [9.17, 15) is 15.2 Å². The van der Waals surface area contributed by atoms with Crippen molar-refractivity contribution in [3.63, 3.8) is 0 Å². The van der Waals surface area contributed by atoms with Gasteiger partial charge in [-0.1, -0.05) is 0 Å². The van der Waals surface area contributed by atoms with Crippen molar-refractivity contribution >= 4 is 5.91 Å². The summed E-state index contributed by atoms with van der Waals surface area (Å²) in [6, 6.07) is 0.0116. The first-order valence-electron chi connectivity index (χ1n) is 8.90. The maximum absolute atomic E-state index is 12.9. The Kier molecular flexibility index (Phi) is 4.63. The van der Waals surface area contributed by atoms with E-state index in [2.05, 4.69) is 5.32 Å². The van der Waals surface area contributed by atoms with Crippen LogP contribution in [0.4, 0.5) is 0 Å². The fourth-order valence-corrected chi connectivity index (χ4v) is 4.85. The van der Waals surface area contributed by atoms with E-state index in [4.69, 9.17) is 0 Å². The molecule has 0 bridgehead atoms. The molecule has 0 aromatic heterocycles. The van der Waals surface area contributed by atoms with Crippen LogP contribution in [0.15, 0.2) is 0 Å². The number of carbonyl (C=O) groups excluding carboxylic acids is 1. The zero-order valence-electron chi connectivity index (χ0n) is 16.5. The number of nitrogens with zero attached hydrogens (tertiary/aromatic N) is 2. The molecule has 1 unspecified atom stereocenters. The molecule has 0 aromatic carbocycles. The summed E-state index contributed by atoms with van der Waals surface area (Å²) >= 11 is 0. The van der Waals surface area contributed by atoms with Crippen molar-refractivity contribution in [1.29, 1.82) is 0 Å². The van der Waals surface area contributed by atoms with Gasteiger partial charge in [-0.05, 0) is 74.7 Å². The third-order valence-electron chi connectivity index (χ3n) is 5.98. The van der Waals surface area contributed by atoms with Gasteiger partial charge in [0.25, 0.3) is 0 Å². The van der Waals surface area contributed by atoms with Crippen LogP contribution in [-0.4, -0.2) is 54.6 Å². The van der Waals surface area contributed by atoms with Crippen molar-refractivity contribution in [2.75, 3.05) is 0 Å². The molecule has 2 fully saturated rings. The molecule has 1 amide bonds. The van der Waals surface area contributed by atoms with Gasteiger partial charge in [0.1, 0.15) is 0 Å². The highest BCUT2D eigenvalue weighted by molar-refractivity contribution is 5.81. The molecule has 2 saturated heterocycles. The van der Waals surface area contributed by atoms with E-state index in [1.54, 1.807) is 0 Å². The fourth-order valence-electron chi connectivity index (χ4n) is 4.85. The largest absolute Gasteiger partial charge is 0.353 e. The molecule has 1 atom stereocenters. The number of amides is 1. The predicted octanol–water partition coefficient (Wildman–Crippen LogP) is 2.78. The van der Waals surface area contributed by atoms with Gasteiger partial charge in [-0.25, -0.2) is 0 Å². The molecule has 2 heterocycles. The topological polar surface area (TPSA) is 76.0 Å². The van der Waals surface area contributed by atoms with Gasteiger partial charge in [0, 0.05) is 22.7 Å². The molecule has 0 radical (unpaired) electrons. The average Bonchev–Trinajstić information content (AvgIpc) is 2.55. The number of rotatable bonds is 2. The highest BCUT2D eigenvalue weighted by Crippen LogP contribution is 2.44. The van der Waals surface area contributed by atoms with Gasteiger partial charge in [-0.2, -0.15) is 10.1 Å². The minimum Gasteiger partial charge on any atom is -0.353 e. The molecule has 24 heavy (non-hydrogen) atoms. The summed E-state index contributed by atoms with van der Waals surface area (Å²) in [4.78, 5) is 12.9. The molecule has 2 aliphatic heterocycles. The van der Waals surface area contributed by atoms with E-state index >= 15 is 0 Å². The maximum atomic E-state index is 12.9. The van der Waals surface area contributed by atoms with Crippen LogP contribution < -0.4 is 5.32 Å². The Balaban J connectivity index is 2.13. The first-order chi connectivity index (χ1) is 10.6. The Labute approximate surface area is 146 Å². The van der Waals surface area contributed by atoms with Gasteiger partial charge in [0.05, 0.1) is 11.5 Å². The summed E-state index contributed by atoms with van der Waals surface area (Å²) in [7, 11) is 0. The van der Waals surface area contributed by atoms with Gasteiger partial charge in [0.2, 0.25) is 5.91 Å². The molecule has 0 spiro atoms. The molecule has 3 N–H and O–H groups in total. The summed E-state index contributed by atoms with van der Waals surface area (Å²) in [5, 5.41) is 26.8. The Morgan fingerprint density at radius 1 is 0.833 bits per heavy atom. The predicted molar refractivity (Wildman–Crippen MR) is 92.8 cm³/mol. The second-order valence-corrected chi connectivity index (χ2v) is 10.1. The molecule has 2 rings (SSSR count). The van der Waals surface area contributed by atoms with Crippen LogP contribution in [0, 0.1) is 5.92 Å². The van der Waals surface area contributed by atoms with Crippen LogP contribution in [0.2, 0.25) is 0 Å². The molecule has 0 saturated carbocycles. The van der Waals surface area contributed by atoms with Crippen LogP contribution in [0.1, 0.15) is 74.7 Å². The van der Waals surface area contributed by atoms with Gasteiger partial charge in [-0.15, -0.1) is 0 Å². The summed E-state index contributed by atoms with van der Waals surface area (Å²) < 4.78 is 0. The van der Waals surface area contributed by atoms with Gasteiger partial charge in [-0.3, -0.25) is 4.79 Å². The number of carbonyl (C=O) groups is 1. The van der Waals surface area contributed by atoms with Crippen molar-refractivity contribution < 1.29 is 15.2 Å². The number of hydroxylamine groups is 4. The van der Waals surface area contributed by atoms with Crippen molar-refractivity contribution in [3.8, 4) is 0 Å². The van der Waals surface area contributed by atoms with E-state index in [0.717, 1.165) is 0 Å². The second-order valence-electron chi connectivity index (χ2n) is 10.1. The lowest BCUT2D eigenvalue weighted by Crippen LogP contribution is -2.63. The summed E-state index contributed by atoms with van der Waals surface area (Å²) in [6.07, 6.45) is 2.00. The standard InChI is InChI=1S/C18H35N3O3/c1-15(2)9-12(10-16(3,4)20(15)23)19-14(22)13-11-17(5,6)21(24)18(13,7)8/h12-13,23-24H,9-11H2,1-8H3,(H,19,22). The molecular formula is C18H35N3O3. The molecule has 6 nitrogen and oxygen atoms in total. The van der Waals surface area contributed by atoms with E-state index in [1.807, 2.05) is 55.4 Å². The van der Waals surface area contributed by atoms with Gasteiger partial charge >= 0.3 is 0 Å². The summed E-state index contributed by atoms with van der Waals surface area (Å²) in [5.74, 6) is -0.275. The van der Waals surface area contributed by atoms with Crippen LogP contribution in [-0.2, 0) is 4.79 Å². The Morgan fingerprint density at radius 2 is 1.25 bits per heavy atom. The monoisotopic (exact) mass is 341 g/mol. The Hall–Kier alpha value is -0.690. The van der Waals surface area contributed by atoms with Crippen LogP contribution in [0.25, 0.3) is 0 Å². The van der Waals surface area contributed by atoms with Crippen molar-refractivity contribution in [1.82, 2.24) is 15.4 Å². The van der Waals surface area contributed by atoms with Crippen molar-refractivity contribution in [3.05, 3.63) is 0 Å². The highest BCUT2D eigenvalue weighted by Gasteiger charge is 2.55. The molecule has 140 valence electrons.